The van der Waals surface area contributed by atoms with Crippen LogP contribution in [0.4, 0.5) is 4.79 Å². The molecule has 0 bridgehead atoms. The van der Waals surface area contributed by atoms with Gasteiger partial charge in [-0.2, -0.15) is 5.01 Å². The Morgan fingerprint density at radius 2 is 2.40 bits per heavy atom. The highest BCUT2D eigenvalue weighted by atomic mass is 16.4. The number of amidine groups is 1. The van der Waals surface area contributed by atoms with Crippen LogP contribution in [0, 0.1) is 11.3 Å². The van der Waals surface area contributed by atoms with E-state index in [4.69, 9.17) is 16.2 Å². The Morgan fingerprint density at radius 1 is 1.73 bits per heavy atom. The summed E-state index contributed by atoms with van der Waals surface area (Å²) in [4.78, 5) is 10.9. The highest BCUT2D eigenvalue weighted by Gasteiger charge is 2.27. The van der Waals surface area contributed by atoms with Crippen molar-refractivity contribution in [2.45, 2.75) is 19.8 Å². The van der Waals surface area contributed by atoms with Crippen molar-refractivity contribution in [2.24, 2.45) is 11.7 Å². The van der Waals surface area contributed by atoms with Crippen LogP contribution in [0.5, 0.6) is 0 Å². The quantitative estimate of drug-likeness (QED) is 0.462. The molecule has 1 aliphatic rings. The fourth-order valence-corrected chi connectivity index (χ4v) is 1.89. The Kier molecular flexibility index (Phi) is 4.05. The standard InChI is InChI=1S/C9H18N4O2/c1-7(11)13(9(14)15)12-4-2-3-8(5-10)6-12/h8,11H,2-6,10H2,1H3,(H,14,15)/t8-/m0/s1. The van der Waals surface area contributed by atoms with Crippen molar-refractivity contribution in [1.29, 1.82) is 5.41 Å². The molecule has 4 N–H and O–H groups in total. The monoisotopic (exact) mass is 214 g/mol. The molecule has 0 radical (unpaired) electrons. The second-order valence-electron chi connectivity index (χ2n) is 3.84. The molecule has 0 spiro atoms. The van der Waals surface area contributed by atoms with E-state index < -0.39 is 6.09 Å². The van der Waals surface area contributed by atoms with Gasteiger partial charge in [-0.05, 0) is 32.2 Å². The molecule has 86 valence electrons. The molecule has 1 fully saturated rings. The van der Waals surface area contributed by atoms with Crippen molar-refractivity contribution in [3.05, 3.63) is 0 Å². The molecule has 0 aromatic heterocycles. The summed E-state index contributed by atoms with van der Waals surface area (Å²) in [5.74, 6) is 0.361. The van der Waals surface area contributed by atoms with Gasteiger partial charge in [0.15, 0.2) is 0 Å². The zero-order valence-electron chi connectivity index (χ0n) is 8.94. The molecule has 0 saturated carbocycles. The molecule has 1 rings (SSSR count). The maximum Gasteiger partial charge on any atom is 0.427 e. The molecule has 1 saturated heterocycles. The molecule has 0 aromatic rings. The van der Waals surface area contributed by atoms with Gasteiger partial charge in [-0.25, -0.2) is 9.80 Å². The summed E-state index contributed by atoms with van der Waals surface area (Å²) in [5, 5.41) is 19.1. The van der Waals surface area contributed by atoms with Crippen LogP contribution in [-0.4, -0.2) is 46.7 Å². The number of hydrogen-bond donors (Lipinski definition) is 3. The summed E-state index contributed by atoms with van der Waals surface area (Å²) >= 11 is 0. The Hall–Kier alpha value is -1.14. The van der Waals surface area contributed by atoms with E-state index >= 15 is 0 Å². The zero-order valence-corrected chi connectivity index (χ0v) is 8.94. The fraction of sp³-hybridized carbons (Fsp3) is 0.778. The Labute approximate surface area is 89.1 Å². The lowest BCUT2D eigenvalue weighted by atomic mass is 9.99. The molecule has 15 heavy (non-hydrogen) atoms. The van der Waals surface area contributed by atoms with Crippen LogP contribution in [0.1, 0.15) is 19.8 Å². The molecule has 6 nitrogen and oxygen atoms in total. The summed E-state index contributed by atoms with van der Waals surface area (Å²) in [6, 6.07) is 0. The first-order chi connectivity index (χ1) is 7.06. The van der Waals surface area contributed by atoms with Crippen molar-refractivity contribution in [2.75, 3.05) is 19.6 Å². The van der Waals surface area contributed by atoms with E-state index in [0.29, 0.717) is 25.6 Å². The van der Waals surface area contributed by atoms with Gasteiger partial charge in [0.1, 0.15) is 5.84 Å². The molecule has 6 heteroatoms. The van der Waals surface area contributed by atoms with Crippen molar-refractivity contribution in [1.82, 2.24) is 10.0 Å². The van der Waals surface area contributed by atoms with Gasteiger partial charge in [0.25, 0.3) is 0 Å². The Balaban J connectivity index is 2.67. The first kappa shape index (κ1) is 11.9. The summed E-state index contributed by atoms with van der Waals surface area (Å²) < 4.78 is 0. The predicted octanol–water partition coefficient (Wildman–Crippen LogP) is 0.549. The number of nitrogens with two attached hydrogens (primary N) is 1. The van der Waals surface area contributed by atoms with Crippen LogP contribution in [0.15, 0.2) is 0 Å². The molecule has 0 aromatic carbocycles. The van der Waals surface area contributed by atoms with Crippen LogP contribution < -0.4 is 5.73 Å². The minimum atomic E-state index is -1.10. The number of piperidine rings is 1. The average Bonchev–Trinajstić information content (AvgIpc) is 2.17. The minimum Gasteiger partial charge on any atom is -0.464 e. The maximum atomic E-state index is 10.9. The van der Waals surface area contributed by atoms with Crippen LogP contribution >= 0.6 is 0 Å². The average molecular weight is 214 g/mol. The van der Waals surface area contributed by atoms with Crippen molar-refractivity contribution >= 4 is 11.9 Å². The molecular weight excluding hydrogens is 196 g/mol. The third-order valence-electron chi connectivity index (χ3n) is 2.61. The summed E-state index contributed by atoms with van der Waals surface area (Å²) in [6.07, 6.45) is 0.872. The molecule has 0 unspecified atom stereocenters. The van der Waals surface area contributed by atoms with Gasteiger partial charge >= 0.3 is 6.09 Å². The molecule has 1 amide bonds. The number of hydrogen-bond acceptors (Lipinski definition) is 4. The van der Waals surface area contributed by atoms with Crippen LogP contribution in [-0.2, 0) is 0 Å². The zero-order chi connectivity index (χ0) is 11.4. The van der Waals surface area contributed by atoms with E-state index in [1.54, 1.807) is 5.01 Å². The first-order valence-electron chi connectivity index (χ1n) is 5.09. The van der Waals surface area contributed by atoms with Gasteiger partial charge < -0.3 is 10.8 Å². The van der Waals surface area contributed by atoms with Crippen molar-refractivity contribution in [3.8, 4) is 0 Å². The predicted molar refractivity (Wildman–Crippen MR) is 56.6 cm³/mol. The first-order valence-corrected chi connectivity index (χ1v) is 5.09. The fourth-order valence-electron chi connectivity index (χ4n) is 1.89. The van der Waals surface area contributed by atoms with Gasteiger partial charge in [0.05, 0.1) is 0 Å². The van der Waals surface area contributed by atoms with E-state index in [1.165, 1.54) is 6.92 Å². The number of carbonyl (C=O) groups is 1. The number of carboxylic acid groups (broad SMARTS) is 1. The summed E-state index contributed by atoms with van der Waals surface area (Å²) in [6.45, 7) is 3.35. The Morgan fingerprint density at radius 3 is 2.87 bits per heavy atom. The largest absolute Gasteiger partial charge is 0.464 e. The summed E-state index contributed by atoms with van der Waals surface area (Å²) in [5.41, 5.74) is 5.57. The molecular formula is C9H18N4O2. The SMILES string of the molecule is CC(=N)N(C(=O)O)N1CCC[C@@H](CN)C1. The molecule has 0 aliphatic carbocycles. The molecule has 1 aliphatic heterocycles. The van der Waals surface area contributed by atoms with E-state index in [9.17, 15) is 4.79 Å². The minimum absolute atomic E-state index is 0.0279. The third-order valence-corrected chi connectivity index (χ3v) is 2.61. The van der Waals surface area contributed by atoms with Gasteiger partial charge in [-0.1, -0.05) is 0 Å². The van der Waals surface area contributed by atoms with Crippen molar-refractivity contribution < 1.29 is 9.90 Å². The van der Waals surface area contributed by atoms with Crippen molar-refractivity contribution in [3.63, 3.8) is 0 Å². The van der Waals surface area contributed by atoms with Gasteiger partial charge in [0, 0.05) is 13.1 Å². The molecule has 1 atom stereocenters. The van der Waals surface area contributed by atoms with Crippen LogP contribution in [0.25, 0.3) is 0 Å². The van der Waals surface area contributed by atoms with Gasteiger partial charge in [-0.15, -0.1) is 0 Å². The third kappa shape index (κ3) is 2.90. The van der Waals surface area contributed by atoms with E-state index in [0.717, 1.165) is 17.9 Å². The summed E-state index contributed by atoms with van der Waals surface area (Å²) in [7, 11) is 0. The second kappa shape index (κ2) is 5.09. The Bertz CT molecular complexity index is 242. The lowest BCUT2D eigenvalue weighted by molar-refractivity contribution is 0.0123. The van der Waals surface area contributed by atoms with Gasteiger partial charge in [-0.3, -0.25) is 5.41 Å². The topological polar surface area (TPSA) is 93.6 Å². The van der Waals surface area contributed by atoms with E-state index in [-0.39, 0.29) is 5.84 Å². The van der Waals surface area contributed by atoms with Crippen LogP contribution in [0.3, 0.4) is 0 Å². The molecule has 1 heterocycles. The number of amides is 1. The second-order valence-corrected chi connectivity index (χ2v) is 3.84. The lowest BCUT2D eigenvalue weighted by Gasteiger charge is -2.37. The van der Waals surface area contributed by atoms with E-state index in [2.05, 4.69) is 0 Å². The number of hydrazine groups is 1. The number of nitrogens with one attached hydrogen (secondary N) is 1. The number of rotatable bonds is 2. The smallest absolute Gasteiger partial charge is 0.427 e. The lowest BCUT2D eigenvalue weighted by Crippen LogP contribution is -2.53. The van der Waals surface area contributed by atoms with E-state index in [1.807, 2.05) is 0 Å². The number of nitrogens with zero attached hydrogens (tertiary/aromatic N) is 2. The van der Waals surface area contributed by atoms with Crippen LogP contribution in [0.2, 0.25) is 0 Å². The van der Waals surface area contributed by atoms with Gasteiger partial charge in [0.2, 0.25) is 0 Å². The maximum absolute atomic E-state index is 10.9. The highest BCUT2D eigenvalue weighted by molar-refractivity contribution is 5.90. The highest BCUT2D eigenvalue weighted by Crippen LogP contribution is 2.17. The normalized spacial score (nSPS) is 22.4.